The second kappa shape index (κ2) is 2.61. The van der Waals surface area contributed by atoms with E-state index in [1.54, 1.807) is 0 Å². The lowest BCUT2D eigenvalue weighted by Gasteiger charge is -2.02. The van der Waals surface area contributed by atoms with Gasteiger partial charge in [0.05, 0.1) is 6.10 Å². The van der Waals surface area contributed by atoms with E-state index >= 15 is 0 Å². The Bertz CT molecular complexity index is 91.3. The van der Waals surface area contributed by atoms with E-state index in [1.807, 2.05) is 0 Å². The third kappa shape index (κ3) is 1.88. The Balaban J connectivity index is 3.64. The molecule has 3 nitrogen and oxygen atoms in total. The molecule has 0 aliphatic carbocycles. The molecule has 2 atom stereocenters. The Morgan fingerprint density at radius 1 is 1.75 bits per heavy atom. The summed E-state index contributed by atoms with van der Waals surface area (Å²) >= 11 is 0. The van der Waals surface area contributed by atoms with Crippen molar-refractivity contribution in [2.45, 2.75) is 19.2 Å². The minimum atomic E-state index is -2.16. The summed E-state index contributed by atoms with van der Waals surface area (Å²) in [6.45, 7) is 1.08. The first kappa shape index (κ1) is 7.36. The van der Waals surface area contributed by atoms with Gasteiger partial charge in [-0.3, -0.25) is 0 Å². The molecule has 0 saturated heterocycles. The molecule has 0 aromatic carbocycles. The lowest BCUT2D eigenvalue weighted by molar-refractivity contribution is -0.146. The minimum Gasteiger partial charge on any atom is -0.479 e. The summed E-state index contributed by atoms with van der Waals surface area (Å²) in [7, 11) is 0. The van der Waals surface area contributed by atoms with Gasteiger partial charge in [-0.2, -0.15) is 0 Å². The van der Waals surface area contributed by atoms with E-state index in [-0.39, 0.29) is 0 Å². The third-order valence-electron chi connectivity index (χ3n) is 0.659. The quantitative estimate of drug-likeness (QED) is 0.532. The first-order valence-corrected chi connectivity index (χ1v) is 2.10. The number of halogens is 1. The first-order chi connectivity index (χ1) is 3.55. The molecule has 0 rings (SSSR count). The van der Waals surface area contributed by atoms with Crippen LogP contribution in [-0.2, 0) is 4.79 Å². The van der Waals surface area contributed by atoms with Crippen LogP contribution < -0.4 is 0 Å². The Labute approximate surface area is 45.7 Å². The van der Waals surface area contributed by atoms with E-state index in [4.69, 9.17) is 10.2 Å². The normalized spacial score (nSPS) is 17.4. The van der Waals surface area contributed by atoms with Crippen molar-refractivity contribution in [1.82, 2.24) is 0 Å². The predicted octanol–water partition coefficient (Wildman–Crippen LogP) is -0.210. The molecule has 4 heteroatoms. The van der Waals surface area contributed by atoms with Crippen molar-refractivity contribution < 1.29 is 19.4 Å². The molecule has 0 radical (unpaired) electrons. The van der Waals surface area contributed by atoms with E-state index in [0.29, 0.717) is 0 Å². The molecule has 0 heterocycles. The van der Waals surface area contributed by atoms with Crippen LogP contribution in [-0.4, -0.2) is 28.5 Å². The van der Waals surface area contributed by atoms with Crippen molar-refractivity contribution >= 4 is 5.97 Å². The second-order valence-corrected chi connectivity index (χ2v) is 1.48. The SMILES string of the molecule is C[C@H](O)[C@@H](F)C(=O)O. The number of aliphatic hydroxyl groups is 1. The van der Waals surface area contributed by atoms with Gasteiger partial charge in [0.2, 0.25) is 6.17 Å². The summed E-state index contributed by atoms with van der Waals surface area (Å²) in [5.74, 6) is -1.62. The summed E-state index contributed by atoms with van der Waals surface area (Å²) in [5.41, 5.74) is 0. The van der Waals surface area contributed by atoms with Crippen LogP contribution in [0.1, 0.15) is 6.92 Å². The molecule has 0 aliphatic heterocycles. The standard InChI is InChI=1S/C4H7FO3/c1-2(6)3(5)4(7)8/h2-3,6H,1H3,(H,7,8)/t2-,3+/m0/s1. The molecular formula is C4H7FO3. The van der Waals surface area contributed by atoms with Crippen LogP contribution in [0, 0.1) is 0 Å². The van der Waals surface area contributed by atoms with Crippen LogP contribution in [0.25, 0.3) is 0 Å². The largest absolute Gasteiger partial charge is 0.479 e. The van der Waals surface area contributed by atoms with Gasteiger partial charge in [-0.1, -0.05) is 0 Å². The van der Waals surface area contributed by atoms with E-state index in [2.05, 4.69) is 0 Å². The van der Waals surface area contributed by atoms with Crippen LogP contribution >= 0.6 is 0 Å². The van der Waals surface area contributed by atoms with Gasteiger partial charge in [0, 0.05) is 0 Å². The summed E-state index contributed by atoms with van der Waals surface area (Å²) in [6.07, 6.45) is -3.58. The monoisotopic (exact) mass is 122 g/mol. The number of aliphatic carboxylic acids is 1. The number of carbonyl (C=O) groups is 1. The fraction of sp³-hybridized carbons (Fsp3) is 0.750. The number of rotatable bonds is 2. The molecule has 0 saturated carbocycles. The topological polar surface area (TPSA) is 57.5 Å². The molecule has 0 aliphatic rings. The van der Waals surface area contributed by atoms with Gasteiger partial charge in [0.25, 0.3) is 0 Å². The van der Waals surface area contributed by atoms with Crippen molar-refractivity contribution in [3.63, 3.8) is 0 Å². The second-order valence-electron chi connectivity index (χ2n) is 1.48. The van der Waals surface area contributed by atoms with Gasteiger partial charge < -0.3 is 10.2 Å². The third-order valence-corrected chi connectivity index (χ3v) is 0.659. The lowest BCUT2D eigenvalue weighted by Crippen LogP contribution is -2.26. The predicted molar refractivity (Wildman–Crippen MR) is 24.2 cm³/mol. The average Bonchev–Trinajstić information content (AvgIpc) is 1.64. The number of carboxylic acid groups (broad SMARTS) is 1. The van der Waals surface area contributed by atoms with Crippen molar-refractivity contribution in [3.8, 4) is 0 Å². The van der Waals surface area contributed by atoms with Gasteiger partial charge >= 0.3 is 5.97 Å². The van der Waals surface area contributed by atoms with Gasteiger partial charge in [-0.25, -0.2) is 9.18 Å². The fourth-order valence-electron chi connectivity index (χ4n) is 0.206. The van der Waals surface area contributed by atoms with Gasteiger partial charge in [0.15, 0.2) is 0 Å². The fourth-order valence-corrected chi connectivity index (χ4v) is 0.206. The highest BCUT2D eigenvalue weighted by Crippen LogP contribution is 1.96. The van der Waals surface area contributed by atoms with Crippen LogP contribution in [0.5, 0.6) is 0 Å². The van der Waals surface area contributed by atoms with E-state index in [9.17, 15) is 9.18 Å². The molecule has 8 heavy (non-hydrogen) atoms. The number of hydrogen-bond acceptors (Lipinski definition) is 2. The number of aliphatic hydroxyl groups excluding tert-OH is 1. The van der Waals surface area contributed by atoms with E-state index in [1.165, 1.54) is 0 Å². The molecule has 2 N–H and O–H groups in total. The molecule has 48 valence electrons. The zero-order chi connectivity index (χ0) is 6.73. The zero-order valence-electron chi connectivity index (χ0n) is 4.34. The molecule has 0 spiro atoms. The maximum Gasteiger partial charge on any atom is 0.341 e. The van der Waals surface area contributed by atoms with Crippen LogP contribution in [0.4, 0.5) is 4.39 Å². The maximum absolute atomic E-state index is 11.8. The average molecular weight is 122 g/mol. The van der Waals surface area contributed by atoms with Crippen molar-refractivity contribution in [1.29, 1.82) is 0 Å². The smallest absolute Gasteiger partial charge is 0.341 e. The Morgan fingerprint density at radius 2 is 2.12 bits per heavy atom. The summed E-state index contributed by atoms with van der Waals surface area (Å²) in [5, 5.41) is 16.1. The Morgan fingerprint density at radius 3 is 2.12 bits per heavy atom. The van der Waals surface area contributed by atoms with Gasteiger partial charge in [-0.15, -0.1) is 0 Å². The molecular weight excluding hydrogens is 115 g/mol. The molecule has 0 fully saturated rings. The lowest BCUT2D eigenvalue weighted by atomic mass is 10.3. The molecule has 0 aromatic rings. The maximum atomic E-state index is 11.8. The molecule has 0 amide bonds. The van der Waals surface area contributed by atoms with Crippen molar-refractivity contribution in [2.75, 3.05) is 0 Å². The number of alkyl halides is 1. The van der Waals surface area contributed by atoms with Gasteiger partial charge in [-0.05, 0) is 6.92 Å². The van der Waals surface area contributed by atoms with E-state index in [0.717, 1.165) is 6.92 Å². The molecule has 0 bridgehead atoms. The minimum absolute atomic E-state index is 1.08. The zero-order valence-corrected chi connectivity index (χ0v) is 4.34. The highest BCUT2D eigenvalue weighted by Gasteiger charge is 2.20. The summed E-state index contributed by atoms with van der Waals surface area (Å²) in [4.78, 5) is 9.61. The van der Waals surface area contributed by atoms with Crippen molar-refractivity contribution in [3.05, 3.63) is 0 Å². The van der Waals surface area contributed by atoms with Crippen LogP contribution in [0.2, 0.25) is 0 Å². The Kier molecular flexibility index (Phi) is 2.41. The first-order valence-electron chi connectivity index (χ1n) is 2.10. The molecule has 0 aromatic heterocycles. The van der Waals surface area contributed by atoms with E-state index < -0.39 is 18.2 Å². The van der Waals surface area contributed by atoms with Crippen LogP contribution in [0.15, 0.2) is 0 Å². The van der Waals surface area contributed by atoms with Gasteiger partial charge in [0.1, 0.15) is 0 Å². The highest BCUT2D eigenvalue weighted by atomic mass is 19.1. The number of hydrogen-bond donors (Lipinski definition) is 2. The number of carboxylic acids is 1. The summed E-state index contributed by atoms with van der Waals surface area (Å²) < 4.78 is 11.8. The van der Waals surface area contributed by atoms with Crippen molar-refractivity contribution in [2.24, 2.45) is 0 Å². The Hall–Kier alpha value is -0.640. The molecule has 0 unspecified atom stereocenters. The highest BCUT2D eigenvalue weighted by molar-refractivity contribution is 5.72. The van der Waals surface area contributed by atoms with Crippen LogP contribution in [0.3, 0.4) is 0 Å². The summed E-state index contributed by atoms with van der Waals surface area (Å²) in [6, 6.07) is 0.